The van der Waals surface area contributed by atoms with Crippen molar-refractivity contribution in [3.05, 3.63) is 52.4 Å². The standard InChI is InChI=1S/C19H16N6O2/c20-8-6-19(7-10-27-12-19)25-15-5-9-22-18(26)16(15)17(24-25)23-14-3-1-13(11-21)2-4-14/h1-5,9H,6-7,10,12H2,(H,22,26)(H,23,24). The number of nitrogens with one attached hydrogen (secondary N) is 2. The van der Waals surface area contributed by atoms with Crippen molar-refractivity contribution < 1.29 is 4.74 Å². The summed E-state index contributed by atoms with van der Waals surface area (Å²) in [4.78, 5) is 15.2. The molecule has 3 aromatic rings. The van der Waals surface area contributed by atoms with Gasteiger partial charge in [-0.05, 0) is 36.8 Å². The molecule has 1 aliphatic heterocycles. The van der Waals surface area contributed by atoms with Crippen LogP contribution in [0, 0.1) is 22.7 Å². The number of anilines is 2. The Bertz CT molecular complexity index is 1120. The summed E-state index contributed by atoms with van der Waals surface area (Å²) in [7, 11) is 0. The number of H-pyrrole nitrogens is 1. The fourth-order valence-electron chi connectivity index (χ4n) is 3.42. The lowest BCUT2D eigenvalue weighted by atomic mass is 9.95. The molecular formula is C19H16N6O2. The zero-order valence-corrected chi connectivity index (χ0v) is 14.4. The topological polar surface area (TPSA) is 120 Å². The minimum Gasteiger partial charge on any atom is -0.379 e. The Hall–Kier alpha value is -3.62. The van der Waals surface area contributed by atoms with E-state index in [0.29, 0.717) is 47.6 Å². The number of nitrogens with zero attached hydrogens (tertiary/aromatic N) is 4. The molecule has 1 fully saturated rings. The van der Waals surface area contributed by atoms with Gasteiger partial charge >= 0.3 is 0 Å². The largest absolute Gasteiger partial charge is 0.379 e. The van der Waals surface area contributed by atoms with E-state index < -0.39 is 5.54 Å². The average Bonchev–Trinajstić information content (AvgIpc) is 3.29. The maximum atomic E-state index is 12.5. The van der Waals surface area contributed by atoms with Crippen molar-refractivity contribution in [3.63, 3.8) is 0 Å². The van der Waals surface area contributed by atoms with Crippen LogP contribution in [0.1, 0.15) is 18.4 Å². The van der Waals surface area contributed by atoms with Gasteiger partial charge in [-0.3, -0.25) is 9.48 Å². The van der Waals surface area contributed by atoms with Crippen LogP contribution < -0.4 is 10.9 Å². The predicted octanol–water partition coefficient (Wildman–Crippen LogP) is 2.37. The Morgan fingerprint density at radius 2 is 2.11 bits per heavy atom. The zero-order valence-electron chi connectivity index (χ0n) is 14.4. The quantitative estimate of drug-likeness (QED) is 0.737. The molecule has 0 bridgehead atoms. The second kappa shape index (κ2) is 6.60. The van der Waals surface area contributed by atoms with Crippen LogP contribution in [0.25, 0.3) is 10.9 Å². The molecule has 4 rings (SSSR count). The first kappa shape index (κ1) is 16.8. The van der Waals surface area contributed by atoms with E-state index in [1.165, 1.54) is 0 Å². The molecule has 1 saturated heterocycles. The van der Waals surface area contributed by atoms with Crippen LogP contribution >= 0.6 is 0 Å². The van der Waals surface area contributed by atoms with Crippen LogP contribution in [0.4, 0.5) is 11.5 Å². The molecule has 0 radical (unpaired) electrons. The Labute approximate surface area is 154 Å². The molecule has 1 unspecified atom stereocenters. The number of hydrogen-bond acceptors (Lipinski definition) is 6. The molecule has 8 nitrogen and oxygen atoms in total. The lowest BCUT2D eigenvalue weighted by Gasteiger charge is -2.25. The molecule has 2 N–H and O–H groups in total. The fraction of sp³-hybridized carbons (Fsp3) is 0.263. The zero-order chi connectivity index (χ0) is 18.9. The molecule has 0 saturated carbocycles. The summed E-state index contributed by atoms with van der Waals surface area (Å²) in [5.41, 5.74) is 1.05. The molecule has 1 aromatic carbocycles. The summed E-state index contributed by atoms with van der Waals surface area (Å²) in [6, 6.07) is 13.0. The van der Waals surface area contributed by atoms with Gasteiger partial charge in [0.05, 0.1) is 36.2 Å². The van der Waals surface area contributed by atoms with E-state index in [2.05, 4.69) is 27.5 Å². The van der Waals surface area contributed by atoms with Gasteiger partial charge in [0.15, 0.2) is 5.82 Å². The minimum absolute atomic E-state index is 0.243. The van der Waals surface area contributed by atoms with Gasteiger partial charge in [-0.25, -0.2) is 0 Å². The molecule has 3 heterocycles. The molecule has 134 valence electrons. The highest BCUT2D eigenvalue weighted by atomic mass is 16.5. The van der Waals surface area contributed by atoms with Gasteiger partial charge in [0.25, 0.3) is 5.56 Å². The van der Waals surface area contributed by atoms with Crippen molar-refractivity contribution >= 4 is 22.4 Å². The number of benzene rings is 1. The van der Waals surface area contributed by atoms with Gasteiger partial charge in [-0.15, -0.1) is 0 Å². The maximum Gasteiger partial charge on any atom is 0.261 e. The average molecular weight is 360 g/mol. The van der Waals surface area contributed by atoms with Crippen LogP contribution in [-0.4, -0.2) is 28.0 Å². The highest BCUT2D eigenvalue weighted by Gasteiger charge is 2.39. The number of pyridine rings is 1. The second-order valence-corrected chi connectivity index (χ2v) is 6.50. The van der Waals surface area contributed by atoms with Crippen molar-refractivity contribution in [3.8, 4) is 12.1 Å². The van der Waals surface area contributed by atoms with Crippen molar-refractivity contribution in [2.45, 2.75) is 18.4 Å². The third-order valence-corrected chi connectivity index (χ3v) is 4.82. The first-order valence-electron chi connectivity index (χ1n) is 8.50. The smallest absolute Gasteiger partial charge is 0.261 e. The summed E-state index contributed by atoms with van der Waals surface area (Å²) in [6.45, 7) is 0.922. The van der Waals surface area contributed by atoms with Crippen molar-refractivity contribution in [1.29, 1.82) is 10.5 Å². The van der Waals surface area contributed by atoms with Crippen molar-refractivity contribution in [1.82, 2.24) is 14.8 Å². The monoisotopic (exact) mass is 360 g/mol. The molecule has 1 atom stereocenters. The van der Waals surface area contributed by atoms with Gasteiger partial charge in [-0.1, -0.05) is 0 Å². The van der Waals surface area contributed by atoms with E-state index in [9.17, 15) is 10.1 Å². The second-order valence-electron chi connectivity index (χ2n) is 6.50. The van der Waals surface area contributed by atoms with Gasteiger partial charge in [0.1, 0.15) is 10.9 Å². The number of hydrogen-bond donors (Lipinski definition) is 2. The number of ether oxygens (including phenoxy) is 1. The van der Waals surface area contributed by atoms with Crippen LogP contribution in [0.15, 0.2) is 41.3 Å². The molecule has 1 aliphatic rings. The fourth-order valence-corrected chi connectivity index (χ4v) is 3.42. The number of nitriles is 2. The Morgan fingerprint density at radius 1 is 1.30 bits per heavy atom. The maximum absolute atomic E-state index is 12.5. The summed E-state index contributed by atoms with van der Waals surface area (Å²) in [5.74, 6) is 0.403. The number of fused-ring (bicyclic) bond motifs is 1. The predicted molar refractivity (Wildman–Crippen MR) is 98.4 cm³/mol. The molecule has 0 amide bonds. The van der Waals surface area contributed by atoms with Gasteiger partial charge in [0, 0.05) is 18.5 Å². The van der Waals surface area contributed by atoms with E-state index in [1.807, 2.05) is 0 Å². The van der Waals surface area contributed by atoms with E-state index in [0.717, 1.165) is 0 Å². The van der Waals surface area contributed by atoms with Gasteiger partial charge in [0.2, 0.25) is 0 Å². The summed E-state index contributed by atoms with van der Waals surface area (Å²) in [6.07, 6.45) is 2.47. The van der Waals surface area contributed by atoms with E-state index >= 15 is 0 Å². The lowest BCUT2D eigenvalue weighted by Crippen LogP contribution is -2.34. The third-order valence-electron chi connectivity index (χ3n) is 4.82. The first-order valence-corrected chi connectivity index (χ1v) is 8.50. The van der Waals surface area contributed by atoms with E-state index in [-0.39, 0.29) is 12.0 Å². The van der Waals surface area contributed by atoms with Crippen LogP contribution in [0.2, 0.25) is 0 Å². The molecular weight excluding hydrogens is 344 g/mol. The Morgan fingerprint density at radius 3 is 2.78 bits per heavy atom. The first-order chi connectivity index (χ1) is 13.2. The summed E-state index contributed by atoms with van der Waals surface area (Å²) < 4.78 is 7.30. The Balaban J connectivity index is 1.85. The lowest BCUT2D eigenvalue weighted by molar-refractivity contribution is 0.151. The number of aromatic nitrogens is 3. The van der Waals surface area contributed by atoms with E-state index in [4.69, 9.17) is 10.00 Å². The van der Waals surface area contributed by atoms with E-state index in [1.54, 1.807) is 41.2 Å². The van der Waals surface area contributed by atoms with Gasteiger partial charge in [-0.2, -0.15) is 15.6 Å². The third kappa shape index (κ3) is 2.82. The molecule has 2 aromatic heterocycles. The van der Waals surface area contributed by atoms with Crippen LogP contribution in [0.5, 0.6) is 0 Å². The summed E-state index contributed by atoms with van der Waals surface area (Å²) in [5, 5.41) is 26.5. The van der Waals surface area contributed by atoms with Crippen molar-refractivity contribution in [2.75, 3.05) is 18.5 Å². The molecule has 27 heavy (non-hydrogen) atoms. The SMILES string of the molecule is N#CCC1(n2nc(Nc3ccc(C#N)cc3)c3c(=O)[nH]ccc32)CCOC1. The highest BCUT2D eigenvalue weighted by molar-refractivity contribution is 5.91. The van der Waals surface area contributed by atoms with Gasteiger partial charge < -0.3 is 15.0 Å². The highest BCUT2D eigenvalue weighted by Crippen LogP contribution is 2.35. The van der Waals surface area contributed by atoms with Crippen LogP contribution in [-0.2, 0) is 10.3 Å². The van der Waals surface area contributed by atoms with Crippen LogP contribution in [0.3, 0.4) is 0 Å². The minimum atomic E-state index is -0.592. The van der Waals surface area contributed by atoms with Crippen molar-refractivity contribution in [2.24, 2.45) is 0 Å². The number of aromatic amines is 1. The Kier molecular flexibility index (Phi) is 4.11. The molecule has 8 heteroatoms. The number of rotatable bonds is 4. The molecule has 0 spiro atoms. The normalized spacial score (nSPS) is 18.9. The molecule has 0 aliphatic carbocycles. The summed E-state index contributed by atoms with van der Waals surface area (Å²) >= 11 is 0.